The maximum atomic E-state index is 12.5. The third kappa shape index (κ3) is 4.95. The van der Waals surface area contributed by atoms with Gasteiger partial charge in [0.05, 0.1) is 5.75 Å². The molecule has 1 N–H and O–H groups in total. The van der Waals surface area contributed by atoms with Gasteiger partial charge in [0.1, 0.15) is 0 Å². The average molecular weight is 443 g/mol. The Labute approximate surface area is 190 Å². The number of Topliss-reactive ketones (excluding diaryl/α,β-unsaturated/α-hetero) is 1. The van der Waals surface area contributed by atoms with Crippen LogP contribution in [-0.4, -0.2) is 32.2 Å². The second-order valence-electron chi connectivity index (χ2n) is 7.31. The summed E-state index contributed by atoms with van der Waals surface area (Å²) in [6, 6.07) is 24.8. The van der Waals surface area contributed by atoms with Crippen molar-refractivity contribution in [1.29, 1.82) is 0 Å². The number of hydrogen-bond acceptors (Lipinski definition) is 5. The number of carbonyl (C=O) groups is 2. The van der Waals surface area contributed by atoms with Crippen LogP contribution in [0.15, 0.2) is 84.0 Å². The number of rotatable bonds is 7. The minimum atomic E-state index is -0.162. The summed E-state index contributed by atoms with van der Waals surface area (Å²) in [7, 11) is 0. The number of aromatic nitrogens is 3. The largest absolute Gasteiger partial charge is 0.325 e. The lowest BCUT2D eigenvalue weighted by molar-refractivity contribution is -0.113. The zero-order valence-corrected chi connectivity index (χ0v) is 18.6. The fourth-order valence-corrected chi connectivity index (χ4v) is 3.93. The normalized spacial score (nSPS) is 10.7. The van der Waals surface area contributed by atoms with Crippen molar-refractivity contribution < 1.29 is 9.59 Å². The van der Waals surface area contributed by atoms with Gasteiger partial charge in [-0.15, -0.1) is 10.2 Å². The molecule has 7 heteroatoms. The smallest absolute Gasteiger partial charge is 0.234 e. The third-order valence-corrected chi connectivity index (χ3v) is 5.79. The quantitative estimate of drug-likeness (QED) is 0.315. The number of carbonyl (C=O) groups excluding carboxylic acids is 2. The zero-order chi connectivity index (χ0) is 22.5. The van der Waals surface area contributed by atoms with Crippen molar-refractivity contribution in [3.8, 4) is 17.1 Å². The number of amides is 1. The highest BCUT2D eigenvalue weighted by atomic mass is 32.2. The number of nitrogens with one attached hydrogen (secondary N) is 1. The Morgan fingerprint density at radius 3 is 2.25 bits per heavy atom. The van der Waals surface area contributed by atoms with Crippen molar-refractivity contribution >= 4 is 29.1 Å². The first-order valence-corrected chi connectivity index (χ1v) is 11.1. The van der Waals surface area contributed by atoms with Gasteiger partial charge in [0.25, 0.3) is 0 Å². The molecule has 3 aromatic carbocycles. The maximum Gasteiger partial charge on any atom is 0.234 e. The lowest BCUT2D eigenvalue weighted by Crippen LogP contribution is -2.14. The van der Waals surface area contributed by atoms with Crippen LogP contribution in [0.1, 0.15) is 22.8 Å². The Hall–Kier alpha value is -3.71. The molecule has 0 aliphatic heterocycles. The summed E-state index contributed by atoms with van der Waals surface area (Å²) in [5.74, 6) is 0.721. The lowest BCUT2D eigenvalue weighted by Gasteiger charge is -2.11. The number of aryl methyl sites for hydroxylation is 1. The molecule has 0 atom stereocenters. The summed E-state index contributed by atoms with van der Waals surface area (Å²) < 4.78 is 1.97. The van der Waals surface area contributed by atoms with Gasteiger partial charge in [-0.25, -0.2) is 0 Å². The first kappa shape index (κ1) is 21.5. The van der Waals surface area contributed by atoms with E-state index in [9.17, 15) is 9.59 Å². The molecule has 1 heterocycles. The number of anilines is 1. The van der Waals surface area contributed by atoms with E-state index in [-0.39, 0.29) is 17.4 Å². The van der Waals surface area contributed by atoms with Gasteiger partial charge in [-0.1, -0.05) is 59.8 Å². The highest BCUT2D eigenvalue weighted by Gasteiger charge is 2.17. The van der Waals surface area contributed by atoms with Crippen molar-refractivity contribution in [2.24, 2.45) is 0 Å². The topological polar surface area (TPSA) is 76.9 Å². The van der Waals surface area contributed by atoms with Crippen LogP contribution in [-0.2, 0) is 4.79 Å². The molecule has 0 aliphatic rings. The van der Waals surface area contributed by atoms with Crippen molar-refractivity contribution in [3.63, 3.8) is 0 Å². The SMILES string of the molecule is CC(=O)c1ccc(NC(=O)CSc2nnc(-c3ccccc3)n2-c2ccc(C)cc2)cc1. The fraction of sp³-hybridized carbons (Fsp3) is 0.120. The van der Waals surface area contributed by atoms with E-state index in [0.29, 0.717) is 16.4 Å². The molecule has 4 aromatic rings. The van der Waals surface area contributed by atoms with Crippen molar-refractivity contribution in [3.05, 3.63) is 90.0 Å². The summed E-state index contributed by atoms with van der Waals surface area (Å²) in [6.45, 7) is 3.55. The third-order valence-electron chi connectivity index (χ3n) is 4.87. The van der Waals surface area contributed by atoms with Gasteiger partial charge < -0.3 is 5.32 Å². The fourth-order valence-electron chi connectivity index (χ4n) is 3.18. The van der Waals surface area contributed by atoms with Gasteiger partial charge in [0, 0.05) is 22.5 Å². The molecule has 160 valence electrons. The van der Waals surface area contributed by atoms with Crippen LogP contribution in [0.4, 0.5) is 5.69 Å². The van der Waals surface area contributed by atoms with Crippen LogP contribution in [0.5, 0.6) is 0 Å². The van der Waals surface area contributed by atoms with E-state index in [4.69, 9.17) is 0 Å². The molecule has 0 bridgehead atoms. The van der Waals surface area contributed by atoms with Crippen molar-refractivity contribution in [2.75, 3.05) is 11.1 Å². The molecular formula is C25H22N4O2S. The first-order chi connectivity index (χ1) is 15.5. The van der Waals surface area contributed by atoms with E-state index < -0.39 is 0 Å². The molecule has 0 unspecified atom stereocenters. The molecule has 1 aromatic heterocycles. The predicted octanol–water partition coefficient (Wildman–Crippen LogP) is 5.18. The van der Waals surface area contributed by atoms with E-state index in [1.807, 2.05) is 66.1 Å². The standard InChI is InChI=1S/C25H22N4O2S/c1-17-8-14-22(15-9-17)29-24(20-6-4-3-5-7-20)27-28-25(29)32-16-23(31)26-21-12-10-19(11-13-21)18(2)30/h3-15H,16H2,1-2H3,(H,26,31). The summed E-state index contributed by atoms with van der Waals surface area (Å²) in [4.78, 5) is 23.9. The predicted molar refractivity (Wildman–Crippen MR) is 127 cm³/mol. The van der Waals surface area contributed by atoms with Gasteiger partial charge in [-0.05, 0) is 50.2 Å². The molecule has 4 rings (SSSR count). The summed E-state index contributed by atoms with van der Waals surface area (Å²) in [6.07, 6.45) is 0. The highest BCUT2D eigenvalue weighted by molar-refractivity contribution is 7.99. The Balaban J connectivity index is 1.54. The average Bonchev–Trinajstić information content (AvgIpc) is 3.23. The second-order valence-corrected chi connectivity index (χ2v) is 8.26. The van der Waals surface area contributed by atoms with E-state index >= 15 is 0 Å². The highest BCUT2D eigenvalue weighted by Crippen LogP contribution is 2.28. The molecule has 32 heavy (non-hydrogen) atoms. The molecule has 1 amide bonds. The van der Waals surface area contributed by atoms with Crippen LogP contribution in [0.25, 0.3) is 17.1 Å². The summed E-state index contributed by atoms with van der Waals surface area (Å²) in [5.41, 5.74) is 4.29. The van der Waals surface area contributed by atoms with E-state index in [0.717, 1.165) is 22.6 Å². The van der Waals surface area contributed by atoms with E-state index in [1.54, 1.807) is 24.3 Å². The van der Waals surface area contributed by atoms with Gasteiger partial charge >= 0.3 is 0 Å². The molecule has 0 saturated carbocycles. The Morgan fingerprint density at radius 2 is 1.59 bits per heavy atom. The minimum absolute atomic E-state index is 0.0110. The lowest BCUT2D eigenvalue weighted by atomic mass is 10.1. The van der Waals surface area contributed by atoms with Crippen LogP contribution in [0.2, 0.25) is 0 Å². The molecular weight excluding hydrogens is 420 g/mol. The first-order valence-electron chi connectivity index (χ1n) is 10.1. The summed E-state index contributed by atoms with van der Waals surface area (Å²) >= 11 is 1.32. The number of thioether (sulfide) groups is 1. The Morgan fingerprint density at radius 1 is 0.906 bits per heavy atom. The van der Waals surface area contributed by atoms with Gasteiger partial charge in [0.15, 0.2) is 16.8 Å². The monoisotopic (exact) mass is 442 g/mol. The molecule has 0 saturated heterocycles. The van der Waals surface area contributed by atoms with Crippen molar-refractivity contribution in [1.82, 2.24) is 14.8 Å². The van der Waals surface area contributed by atoms with E-state index in [2.05, 4.69) is 15.5 Å². The van der Waals surface area contributed by atoms with Crippen molar-refractivity contribution in [2.45, 2.75) is 19.0 Å². The molecule has 6 nitrogen and oxygen atoms in total. The minimum Gasteiger partial charge on any atom is -0.325 e. The van der Waals surface area contributed by atoms with E-state index in [1.165, 1.54) is 18.7 Å². The number of ketones is 1. The molecule has 0 radical (unpaired) electrons. The van der Waals surface area contributed by atoms with Gasteiger partial charge in [0.2, 0.25) is 5.91 Å². The number of hydrogen-bond donors (Lipinski definition) is 1. The summed E-state index contributed by atoms with van der Waals surface area (Å²) in [5, 5.41) is 12.3. The van der Waals surface area contributed by atoms with Gasteiger partial charge in [-0.2, -0.15) is 0 Å². The molecule has 0 spiro atoms. The van der Waals surface area contributed by atoms with Crippen LogP contribution < -0.4 is 5.32 Å². The molecule has 0 aliphatic carbocycles. The maximum absolute atomic E-state index is 12.5. The van der Waals surface area contributed by atoms with Crippen LogP contribution in [0.3, 0.4) is 0 Å². The zero-order valence-electron chi connectivity index (χ0n) is 17.8. The Kier molecular flexibility index (Phi) is 6.47. The number of nitrogens with zero attached hydrogens (tertiary/aromatic N) is 3. The van der Waals surface area contributed by atoms with Gasteiger partial charge in [-0.3, -0.25) is 14.2 Å². The van der Waals surface area contributed by atoms with Crippen LogP contribution in [0, 0.1) is 6.92 Å². The second kappa shape index (κ2) is 9.62. The Bertz CT molecular complexity index is 1230. The molecule has 0 fully saturated rings. The number of benzene rings is 3. The van der Waals surface area contributed by atoms with Crippen LogP contribution >= 0.6 is 11.8 Å².